The second kappa shape index (κ2) is 6.76. The normalized spacial score (nSPS) is 20.9. The van der Waals surface area contributed by atoms with Gasteiger partial charge < -0.3 is 10.1 Å². The van der Waals surface area contributed by atoms with Crippen molar-refractivity contribution < 1.29 is 17.9 Å². The number of hydrogen-bond acceptors (Lipinski definition) is 4. The Bertz CT molecular complexity index is 794. The number of halogens is 3. The molecule has 5 nitrogen and oxygen atoms in total. The average Bonchev–Trinajstić information content (AvgIpc) is 3.01. The lowest BCUT2D eigenvalue weighted by Crippen LogP contribution is -2.33. The molecule has 1 N–H and O–H groups in total. The summed E-state index contributed by atoms with van der Waals surface area (Å²) in [7, 11) is 1.80. The minimum atomic E-state index is -4.57. The first-order valence-electron chi connectivity index (χ1n) is 7.86. The molecule has 132 valence electrons. The van der Waals surface area contributed by atoms with E-state index in [4.69, 9.17) is 10.00 Å². The van der Waals surface area contributed by atoms with Gasteiger partial charge in [0.05, 0.1) is 29.4 Å². The van der Waals surface area contributed by atoms with Gasteiger partial charge in [-0.3, -0.25) is 4.68 Å². The van der Waals surface area contributed by atoms with Crippen molar-refractivity contribution in [3.63, 3.8) is 0 Å². The number of anilines is 1. The van der Waals surface area contributed by atoms with Crippen LogP contribution in [0.1, 0.15) is 35.6 Å². The Hall–Kier alpha value is -2.53. The molecule has 3 rings (SSSR count). The molecule has 0 amide bonds. The number of aromatic nitrogens is 2. The van der Waals surface area contributed by atoms with E-state index in [0.29, 0.717) is 12.3 Å². The summed E-state index contributed by atoms with van der Waals surface area (Å²) >= 11 is 0. The standard InChI is InChI=1S/C17H17F3N4O/c1-24-10-12(9-22-24)16-15(3-2-6-25-16)23-13-5-4-11(8-21)14(7-13)17(18,19)20/h4-5,7,9-10,15-16,23H,2-3,6H2,1H3/t15-,16+/m0/s1. The van der Waals surface area contributed by atoms with Crippen molar-refractivity contribution in [2.75, 3.05) is 11.9 Å². The Morgan fingerprint density at radius 3 is 2.84 bits per heavy atom. The third-order valence-corrected chi connectivity index (χ3v) is 4.17. The van der Waals surface area contributed by atoms with E-state index in [0.717, 1.165) is 24.5 Å². The first-order chi connectivity index (χ1) is 11.9. The maximum Gasteiger partial charge on any atom is 0.417 e. The average molecular weight is 350 g/mol. The fourth-order valence-corrected chi connectivity index (χ4v) is 3.02. The molecule has 1 fully saturated rings. The number of benzene rings is 1. The van der Waals surface area contributed by atoms with Gasteiger partial charge in [0.25, 0.3) is 0 Å². The molecule has 1 saturated heterocycles. The molecule has 1 aliphatic rings. The zero-order valence-electron chi connectivity index (χ0n) is 13.5. The van der Waals surface area contributed by atoms with Crippen molar-refractivity contribution in [2.45, 2.75) is 31.2 Å². The number of alkyl halides is 3. The van der Waals surface area contributed by atoms with Crippen LogP contribution in [0, 0.1) is 11.3 Å². The van der Waals surface area contributed by atoms with E-state index >= 15 is 0 Å². The minimum Gasteiger partial charge on any atom is -0.379 e. The Balaban J connectivity index is 1.86. The molecule has 0 aliphatic carbocycles. The van der Waals surface area contributed by atoms with Crippen LogP contribution >= 0.6 is 0 Å². The van der Waals surface area contributed by atoms with E-state index in [1.165, 1.54) is 12.1 Å². The van der Waals surface area contributed by atoms with Gasteiger partial charge in [0.15, 0.2) is 0 Å². The lowest BCUT2D eigenvalue weighted by atomic mass is 9.97. The third kappa shape index (κ3) is 3.77. The molecular formula is C17H17F3N4O. The lowest BCUT2D eigenvalue weighted by molar-refractivity contribution is -0.137. The van der Waals surface area contributed by atoms with Gasteiger partial charge >= 0.3 is 6.18 Å². The van der Waals surface area contributed by atoms with Crippen molar-refractivity contribution in [3.8, 4) is 6.07 Å². The van der Waals surface area contributed by atoms with E-state index in [9.17, 15) is 13.2 Å². The molecule has 1 aromatic heterocycles. The zero-order valence-corrected chi connectivity index (χ0v) is 13.5. The molecule has 0 unspecified atom stereocenters. The van der Waals surface area contributed by atoms with E-state index < -0.39 is 11.7 Å². The van der Waals surface area contributed by atoms with Crippen LogP contribution in [-0.4, -0.2) is 22.4 Å². The zero-order chi connectivity index (χ0) is 18.0. The fourth-order valence-electron chi connectivity index (χ4n) is 3.02. The first kappa shape index (κ1) is 17.3. The van der Waals surface area contributed by atoms with Crippen LogP contribution in [-0.2, 0) is 18.0 Å². The summed E-state index contributed by atoms with van der Waals surface area (Å²) in [5, 5.41) is 16.1. The van der Waals surface area contributed by atoms with Crippen molar-refractivity contribution >= 4 is 5.69 Å². The SMILES string of the molecule is Cn1cc([C@H]2OCCC[C@@H]2Nc2ccc(C#N)c(C(F)(F)F)c2)cn1. The van der Waals surface area contributed by atoms with Crippen LogP contribution in [0.2, 0.25) is 0 Å². The molecule has 25 heavy (non-hydrogen) atoms. The fraction of sp³-hybridized carbons (Fsp3) is 0.412. The van der Waals surface area contributed by atoms with Crippen LogP contribution in [0.15, 0.2) is 30.6 Å². The van der Waals surface area contributed by atoms with E-state index in [-0.39, 0.29) is 17.7 Å². The molecule has 0 radical (unpaired) electrons. The molecule has 2 atom stereocenters. The number of hydrogen-bond donors (Lipinski definition) is 1. The summed E-state index contributed by atoms with van der Waals surface area (Å²) in [6.07, 6.45) is 0.258. The Kier molecular flexibility index (Phi) is 4.68. The van der Waals surface area contributed by atoms with Crippen LogP contribution in [0.25, 0.3) is 0 Å². The first-order valence-corrected chi connectivity index (χ1v) is 7.86. The van der Waals surface area contributed by atoms with Gasteiger partial charge in [-0.25, -0.2) is 0 Å². The van der Waals surface area contributed by atoms with E-state index in [1.54, 1.807) is 24.0 Å². The number of nitrogens with one attached hydrogen (secondary N) is 1. The number of rotatable bonds is 3. The molecule has 0 spiro atoms. The topological polar surface area (TPSA) is 62.9 Å². The van der Waals surface area contributed by atoms with Crippen LogP contribution < -0.4 is 5.32 Å². The van der Waals surface area contributed by atoms with Crippen molar-refractivity contribution in [1.82, 2.24) is 9.78 Å². The number of nitrogens with zero attached hydrogens (tertiary/aromatic N) is 3. The van der Waals surface area contributed by atoms with Crippen LogP contribution in [0.3, 0.4) is 0 Å². The lowest BCUT2D eigenvalue weighted by Gasteiger charge is -2.32. The van der Waals surface area contributed by atoms with Crippen LogP contribution in [0.4, 0.5) is 18.9 Å². The van der Waals surface area contributed by atoms with Crippen LogP contribution in [0.5, 0.6) is 0 Å². The molecule has 8 heteroatoms. The molecule has 0 bridgehead atoms. The van der Waals surface area contributed by atoms with Gasteiger partial charge in [0.2, 0.25) is 0 Å². The minimum absolute atomic E-state index is 0.174. The van der Waals surface area contributed by atoms with E-state index in [1.807, 2.05) is 6.20 Å². The number of nitriles is 1. The summed E-state index contributed by atoms with van der Waals surface area (Å²) in [5.74, 6) is 0. The Morgan fingerprint density at radius 1 is 1.40 bits per heavy atom. The summed E-state index contributed by atoms with van der Waals surface area (Å²) in [6, 6.07) is 5.07. The van der Waals surface area contributed by atoms with Gasteiger partial charge in [-0.1, -0.05) is 0 Å². The molecule has 1 aliphatic heterocycles. The highest BCUT2D eigenvalue weighted by Gasteiger charge is 2.34. The predicted molar refractivity (Wildman–Crippen MR) is 84.7 cm³/mol. The highest BCUT2D eigenvalue weighted by molar-refractivity contribution is 5.53. The molecule has 1 aromatic carbocycles. The van der Waals surface area contributed by atoms with Gasteiger partial charge in [-0.2, -0.15) is 23.5 Å². The molecule has 0 saturated carbocycles. The summed E-state index contributed by atoms with van der Waals surface area (Å²) in [5.41, 5.74) is -0.128. The number of ether oxygens (including phenoxy) is 1. The van der Waals surface area contributed by atoms with Crippen molar-refractivity contribution in [1.29, 1.82) is 5.26 Å². The highest BCUT2D eigenvalue weighted by Crippen LogP contribution is 2.35. The maximum atomic E-state index is 13.1. The summed E-state index contributed by atoms with van der Waals surface area (Å²) in [4.78, 5) is 0. The molecule has 2 aromatic rings. The summed E-state index contributed by atoms with van der Waals surface area (Å²) < 4.78 is 46.8. The Morgan fingerprint density at radius 2 is 2.20 bits per heavy atom. The third-order valence-electron chi connectivity index (χ3n) is 4.17. The molecular weight excluding hydrogens is 333 g/mol. The van der Waals surface area contributed by atoms with E-state index in [2.05, 4.69) is 10.4 Å². The van der Waals surface area contributed by atoms with Crippen molar-refractivity contribution in [2.24, 2.45) is 7.05 Å². The molecule has 2 heterocycles. The predicted octanol–water partition coefficient (Wildman–Crippen LogP) is 3.64. The number of aryl methyl sites for hydroxylation is 1. The second-order valence-corrected chi connectivity index (χ2v) is 6.00. The van der Waals surface area contributed by atoms with Gasteiger partial charge in [-0.05, 0) is 31.0 Å². The summed E-state index contributed by atoms with van der Waals surface area (Å²) in [6.45, 7) is 0.596. The van der Waals surface area contributed by atoms with Gasteiger partial charge in [0.1, 0.15) is 6.10 Å². The monoisotopic (exact) mass is 350 g/mol. The maximum absolute atomic E-state index is 13.1. The Labute approximate surface area is 143 Å². The highest BCUT2D eigenvalue weighted by atomic mass is 19.4. The van der Waals surface area contributed by atoms with Crippen molar-refractivity contribution in [3.05, 3.63) is 47.3 Å². The smallest absolute Gasteiger partial charge is 0.379 e. The van der Waals surface area contributed by atoms with Gasteiger partial charge in [-0.15, -0.1) is 0 Å². The second-order valence-electron chi connectivity index (χ2n) is 6.00. The quantitative estimate of drug-likeness (QED) is 0.918. The largest absolute Gasteiger partial charge is 0.417 e. The van der Waals surface area contributed by atoms with Gasteiger partial charge in [0, 0.05) is 31.1 Å².